The number of hydrogen-bond donors (Lipinski definition) is 0. The summed E-state index contributed by atoms with van der Waals surface area (Å²) in [5.74, 6) is 0. The van der Waals surface area contributed by atoms with Crippen LogP contribution in [-0.2, 0) is 0 Å². The van der Waals surface area contributed by atoms with Gasteiger partial charge < -0.3 is 9.32 Å². The van der Waals surface area contributed by atoms with Crippen molar-refractivity contribution in [2.24, 2.45) is 0 Å². The third kappa shape index (κ3) is 6.79. The number of fused-ring (bicyclic) bond motifs is 8. The van der Waals surface area contributed by atoms with E-state index in [4.69, 9.17) is 4.42 Å². The minimum Gasteiger partial charge on any atom is -0.455 e. The monoisotopic (exact) mass is 871 g/mol. The molecule has 13 rings (SSSR count). The lowest BCUT2D eigenvalue weighted by Crippen LogP contribution is -2.10. The van der Waals surface area contributed by atoms with Crippen LogP contribution in [0.15, 0.2) is 253 Å². The zero-order chi connectivity index (χ0) is 44.3. The number of furan rings is 1. The summed E-state index contributed by atoms with van der Waals surface area (Å²) in [6.45, 7) is 0. The molecule has 0 saturated heterocycles. The van der Waals surface area contributed by atoms with Crippen LogP contribution in [0, 0.1) is 0 Å². The minimum absolute atomic E-state index is 0.887. The molecule has 0 aliphatic carbocycles. The molecule has 0 unspecified atom stereocenters. The van der Waals surface area contributed by atoms with Crippen LogP contribution in [0.2, 0.25) is 0 Å². The number of anilines is 3. The van der Waals surface area contributed by atoms with Crippen molar-refractivity contribution in [3.05, 3.63) is 249 Å². The topological polar surface area (TPSA) is 16.4 Å². The van der Waals surface area contributed by atoms with Crippen molar-refractivity contribution in [3.8, 4) is 55.6 Å². The first-order chi connectivity index (χ1) is 33.2. The fraction of sp³-hybridized carbons (Fsp3) is 0. The number of nitrogens with zero attached hydrogens (tertiary/aromatic N) is 1. The molecule has 2 aromatic heterocycles. The van der Waals surface area contributed by atoms with E-state index < -0.39 is 0 Å². The normalized spacial score (nSPS) is 11.6. The smallest absolute Gasteiger partial charge is 0.143 e. The first-order valence-corrected chi connectivity index (χ1v) is 23.6. The van der Waals surface area contributed by atoms with Crippen LogP contribution < -0.4 is 4.90 Å². The Labute approximate surface area is 392 Å². The van der Waals surface area contributed by atoms with E-state index >= 15 is 0 Å². The summed E-state index contributed by atoms with van der Waals surface area (Å²) >= 11 is 1.87. The van der Waals surface area contributed by atoms with Crippen molar-refractivity contribution in [1.29, 1.82) is 0 Å². The summed E-state index contributed by atoms with van der Waals surface area (Å²) in [4.78, 5) is 2.38. The standard InChI is InChI=1S/C64H41NOS/c1-3-14-43(15-4-1)52-38-33-47(41-59(52)44-16-5-2-6-17-44)42-28-34-49(35-29-42)65(50-36-30-46(31-37-50)55-24-12-25-57-56-22-9-10-27-61(56)67-64(55)57)51-20-11-19-48(40-51)53-23-13-26-60-62(53)58-39-32-45-18-7-8-21-54(45)63(58)66-60/h1-41H. The van der Waals surface area contributed by atoms with Gasteiger partial charge in [-0.1, -0.05) is 188 Å². The third-order valence-corrected chi connectivity index (χ3v) is 14.5. The summed E-state index contributed by atoms with van der Waals surface area (Å²) in [6.07, 6.45) is 0. The molecule has 0 atom stereocenters. The first-order valence-electron chi connectivity index (χ1n) is 22.8. The molecule has 2 heterocycles. The Morgan fingerprint density at radius 1 is 0.313 bits per heavy atom. The fourth-order valence-corrected chi connectivity index (χ4v) is 11.3. The Morgan fingerprint density at radius 3 is 1.70 bits per heavy atom. The maximum Gasteiger partial charge on any atom is 0.143 e. The lowest BCUT2D eigenvalue weighted by Gasteiger charge is -2.26. The highest BCUT2D eigenvalue weighted by Gasteiger charge is 2.19. The molecule has 3 heteroatoms. The number of hydrogen-bond acceptors (Lipinski definition) is 3. The highest BCUT2D eigenvalue weighted by atomic mass is 32.1. The molecule has 2 nitrogen and oxygen atoms in total. The van der Waals surface area contributed by atoms with Gasteiger partial charge >= 0.3 is 0 Å². The SMILES string of the molecule is c1ccc(-c2ccc(-c3ccc(N(c4ccc(-c5cccc6c5sc5ccccc56)cc4)c4cccc(-c5cccc6oc7c8ccccc8ccc7c56)c4)cc3)cc2-c2ccccc2)cc1. The summed E-state index contributed by atoms with van der Waals surface area (Å²) < 4.78 is 9.26. The van der Waals surface area contributed by atoms with Gasteiger partial charge in [0.1, 0.15) is 11.2 Å². The van der Waals surface area contributed by atoms with E-state index in [1.807, 2.05) is 11.3 Å². The molecule has 0 spiro atoms. The quantitative estimate of drug-likeness (QED) is 0.151. The maximum absolute atomic E-state index is 6.64. The van der Waals surface area contributed by atoms with Crippen LogP contribution in [-0.4, -0.2) is 0 Å². The average Bonchev–Trinajstić information content (AvgIpc) is 3.99. The lowest BCUT2D eigenvalue weighted by molar-refractivity contribution is 0.673. The van der Waals surface area contributed by atoms with Gasteiger partial charge in [-0.3, -0.25) is 0 Å². The van der Waals surface area contributed by atoms with Gasteiger partial charge in [-0.25, -0.2) is 0 Å². The molecule has 0 aliphatic heterocycles. The maximum atomic E-state index is 6.64. The zero-order valence-electron chi connectivity index (χ0n) is 36.4. The molecule has 0 amide bonds. The molecule has 0 saturated carbocycles. The predicted molar refractivity (Wildman–Crippen MR) is 286 cm³/mol. The van der Waals surface area contributed by atoms with Crippen LogP contribution in [0.5, 0.6) is 0 Å². The molecule has 0 bridgehead atoms. The lowest BCUT2D eigenvalue weighted by atomic mass is 9.91. The van der Waals surface area contributed by atoms with Crippen molar-refractivity contribution in [2.75, 3.05) is 4.90 Å². The van der Waals surface area contributed by atoms with Gasteiger partial charge in [0, 0.05) is 53.4 Å². The Kier molecular flexibility index (Phi) is 9.40. The fourth-order valence-electron chi connectivity index (χ4n) is 10.1. The predicted octanol–water partition coefficient (Wildman–Crippen LogP) is 18.9. The van der Waals surface area contributed by atoms with Crippen molar-refractivity contribution in [1.82, 2.24) is 0 Å². The van der Waals surface area contributed by atoms with Crippen LogP contribution in [0.1, 0.15) is 0 Å². The molecule has 13 aromatic rings. The van der Waals surface area contributed by atoms with E-state index in [-0.39, 0.29) is 0 Å². The van der Waals surface area contributed by atoms with E-state index in [9.17, 15) is 0 Å². The van der Waals surface area contributed by atoms with Gasteiger partial charge in [-0.15, -0.1) is 11.3 Å². The number of thiophene rings is 1. The van der Waals surface area contributed by atoms with Gasteiger partial charge in [0.05, 0.1) is 0 Å². The summed E-state index contributed by atoms with van der Waals surface area (Å²) in [5, 5.41) is 7.17. The van der Waals surface area contributed by atoms with E-state index in [0.717, 1.165) is 61.1 Å². The van der Waals surface area contributed by atoms with Crippen molar-refractivity contribution in [3.63, 3.8) is 0 Å². The van der Waals surface area contributed by atoms with Crippen LogP contribution in [0.3, 0.4) is 0 Å². The third-order valence-electron chi connectivity index (χ3n) is 13.3. The molecule has 67 heavy (non-hydrogen) atoms. The summed E-state index contributed by atoms with van der Waals surface area (Å²) in [7, 11) is 0. The first kappa shape index (κ1) is 38.9. The van der Waals surface area contributed by atoms with Crippen LogP contribution >= 0.6 is 11.3 Å². The summed E-state index contributed by atoms with van der Waals surface area (Å²) in [5.41, 5.74) is 16.9. The van der Waals surface area contributed by atoms with E-state index in [1.54, 1.807) is 0 Å². The molecular weight excluding hydrogens is 831 g/mol. The molecule has 11 aromatic carbocycles. The van der Waals surface area contributed by atoms with Gasteiger partial charge in [-0.05, 0) is 122 Å². The van der Waals surface area contributed by atoms with Gasteiger partial charge in [0.15, 0.2) is 0 Å². The van der Waals surface area contributed by atoms with Gasteiger partial charge in [0.2, 0.25) is 0 Å². The van der Waals surface area contributed by atoms with E-state index in [2.05, 4.69) is 254 Å². The van der Waals surface area contributed by atoms with Gasteiger partial charge in [-0.2, -0.15) is 0 Å². The zero-order valence-corrected chi connectivity index (χ0v) is 37.3. The Morgan fingerprint density at radius 2 is 0.910 bits per heavy atom. The van der Waals surface area contributed by atoms with E-state index in [1.165, 1.54) is 64.5 Å². The molecule has 314 valence electrons. The van der Waals surface area contributed by atoms with Crippen LogP contribution in [0.4, 0.5) is 17.1 Å². The highest BCUT2D eigenvalue weighted by molar-refractivity contribution is 7.26. The van der Waals surface area contributed by atoms with Gasteiger partial charge in [0.25, 0.3) is 0 Å². The molecular formula is C64H41NOS. The molecule has 0 fully saturated rings. The molecule has 0 N–H and O–H groups in total. The minimum atomic E-state index is 0.887. The molecule has 0 aliphatic rings. The van der Waals surface area contributed by atoms with Crippen LogP contribution in [0.25, 0.3) is 109 Å². The molecule has 0 radical (unpaired) electrons. The number of rotatable bonds is 8. The second-order valence-corrected chi connectivity index (χ2v) is 18.2. The second kappa shape index (κ2) is 16.2. The highest BCUT2D eigenvalue weighted by Crippen LogP contribution is 2.45. The average molecular weight is 872 g/mol. The Hall–Kier alpha value is -8.50. The number of benzene rings is 11. The van der Waals surface area contributed by atoms with Crippen molar-refractivity contribution < 1.29 is 4.42 Å². The Balaban J connectivity index is 0.932. The second-order valence-electron chi connectivity index (χ2n) is 17.2. The summed E-state index contributed by atoms with van der Waals surface area (Å²) in [6, 6.07) is 90.1. The largest absolute Gasteiger partial charge is 0.455 e. The van der Waals surface area contributed by atoms with Crippen molar-refractivity contribution >= 4 is 81.3 Å². The Bertz CT molecular complexity index is 3960. The van der Waals surface area contributed by atoms with E-state index in [0.29, 0.717) is 0 Å². The van der Waals surface area contributed by atoms with Crippen molar-refractivity contribution in [2.45, 2.75) is 0 Å².